The molecule has 0 bridgehead atoms. The average Bonchev–Trinajstić information content (AvgIpc) is 2.79. The van der Waals surface area contributed by atoms with Crippen molar-refractivity contribution in [2.75, 3.05) is 7.11 Å². The van der Waals surface area contributed by atoms with Crippen LogP contribution in [0.4, 0.5) is 0 Å². The number of aromatic nitrogens is 2. The standard InChI is InChI=1S/C18H21ClN2O3/c1-12(2)24-17(22)9-8-16-13(3)20-21(18(16)19)11-14-6-5-7-15(10-14)23-4/h5-10,12H,11H2,1-4H3/b9-8+. The number of hydrogen-bond acceptors (Lipinski definition) is 4. The van der Waals surface area contributed by atoms with Crippen molar-refractivity contribution in [1.29, 1.82) is 0 Å². The van der Waals surface area contributed by atoms with Crippen LogP contribution < -0.4 is 4.74 Å². The van der Waals surface area contributed by atoms with Crippen LogP contribution in [0.3, 0.4) is 0 Å². The molecule has 2 aromatic rings. The van der Waals surface area contributed by atoms with E-state index < -0.39 is 5.97 Å². The van der Waals surface area contributed by atoms with Gasteiger partial charge < -0.3 is 9.47 Å². The predicted octanol–water partition coefficient (Wildman–Crippen LogP) is 3.87. The van der Waals surface area contributed by atoms with Crippen molar-refractivity contribution in [2.24, 2.45) is 0 Å². The van der Waals surface area contributed by atoms with Crippen molar-refractivity contribution in [3.05, 3.63) is 52.3 Å². The monoisotopic (exact) mass is 348 g/mol. The summed E-state index contributed by atoms with van der Waals surface area (Å²) in [6.45, 7) is 5.97. The van der Waals surface area contributed by atoms with Crippen LogP contribution in [-0.4, -0.2) is 29.0 Å². The third-order valence-electron chi connectivity index (χ3n) is 3.31. The SMILES string of the molecule is COc1cccc(Cn2nc(C)c(/C=C/C(=O)OC(C)C)c2Cl)c1. The summed E-state index contributed by atoms with van der Waals surface area (Å²) in [6.07, 6.45) is 2.85. The lowest BCUT2D eigenvalue weighted by molar-refractivity contribution is -0.141. The van der Waals surface area contributed by atoms with Crippen LogP contribution in [0.15, 0.2) is 30.3 Å². The van der Waals surface area contributed by atoms with E-state index in [1.165, 1.54) is 6.08 Å². The minimum absolute atomic E-state index is 0.158. The second kappa shape index (κ2) is 8.02. The summed E-state index contributed by atoms with van der Waals surface area (Å²) in [5.74, 6) is 0.380. The zero-order valence-electron chi connectivity index (χ0n) is 14.2. The molecule has 1 aromatic carbocycles. The molecule has 6 heteroatoms. The molecule has 0 aliphatic rings. The van der Waals surface area contributed by atoms with Crippen LogP contribution in [0.25, 0.3) is 6.08 Å². The molecule has 0 saturated heterocycles. The molecule has 0 atom stereocenters. The maximum absolute atomic E-state index is 11.6. The minimum Gasteiger partial charge on any atom is -0.497 e. The zero-order chi connectivity index (χ0) is 17.7. The molecule has 0 aliphatic heterocycles. The van der Waals surface area contributed by atoms with Gasteiger partial charge in [-0.25, -0.2) is 9.48 Å². The topological polar surface area (TPSA) is 53.4 Å². The molecular weight excluding hydrogens is 328 g/mol. The van der Waals surface area contributed by atoms with Gasteiger partial charge in [0.2, 0.25) is 0 Å². The number of halogens is 1. The van der Waals surface area contributed by atoms with Crippen molar-refractivity contribution in [3.8, 4) is 5.75 Å². The Balaban J connectivity index is 2.19. The number of carbonyl (C=O) groups excluding carboxylic acids is 1. The first-order chi connectivity index (χ1) is 11.4. The molecule has 1 heterocycles. The van der Waals surface area contributed by atoms with Crippen molar-refractivity contribution >= 4 is 23.6 Å². The van der Waals surface area contributed by atoms with Crippen molar-refractivity contribution in [1.82, 2.24) is 9.78 Å². The molecule has 0 saturated carbocycles. The van der Waals surface area contributed by atoms with E-state index in [1.807, 2.05) is 31.2 Å². The van der Waals surface area contributed by atoms with Gasteiger partial charge in [-0.3, -0.25) is 0 Å². The molecule has 24 heavy (non-hydrogen) atoms. The summed E-state index contributed by atoms with van der Waals surface area (Å²) in [5.41, 5.74) is 2.48. The van der Waals surface area contributed by atoms with Gasteiger partial charge >= 0.3 is 5.97 Å². The summed E-state index contributed by atoms with van der Waals surface area (Å²) in [6, 6.07) is 7.71. The maximum Gasteiger partial charge on any atom is 0.331 e. The van der Waals surface area contributed by atoms with E-state index in [-0.39, 0.29) is 6.10 Å². The largest absolute Gasteiger partial charge is 0.497 e. The Bertz CT molecular complexity index is 751. The number of nitrogens with zero attached hydrogens (tertiary/aromatic N) is 2. The third kappa shape index (κ3) is 4.61. The lowest BCUT2D eigenvalue weighted by atomic mass is 10.2. The minimum atomic E-state index is -0.402. The molecule has 0 unspecified atom stereocenters. The molecule has 1 aromatic heterocycles. The number of rotatable bonds is 6. The first-order valence-corrected chi connectivity index (χ1v) is 8.03. The summed E-state index contributed by atoms with van der Waals surface area (Å²) in [7, 11) is 1.63. The van der Waals surface area contributed by atoms with Crippen LogP contribution in [0.2, 0.25) is 5.15 Å². The lowest BCUT2D eigenvalue weighted by Crippen LogP contribution is -2.08. The van der Waals surface area contributed by atoms with Gasteiger partial charge in [-0.2, -0.15) is 5.10 Å². The summed E-state index contributed by atoms with van der Waals surface area (Å²) >= 11 is 6.41. The number of hydrogen-bond donors (Lipinski definition) is 0. The molecule has 128 valence electrons. The van der Waals surface area contributed by atoms with E-state index >= 15 is 0 Å². The van der Waals surface area contributed by atoms with Crippen molar-refractivity contribution in [2.45, 2.75) is 33.4 Å². The quantitative estimate of drug-likeness (QED) is 0.587. The molecule has 0 N–H and O–H groups in total. The number of ether oxygens (including phenoxy) is 2. The smallest absolute Gasteiger partial charge is 0.331 e. The van der Waals surface area contributed by atoms with Gasteiger partial charge in [0.25, 0.3) is 0 Å². The summed E-state index contributed by atoms with van der Waals surface area (Å²) in [4.78, 5) is 11.6. The van der Waals surface area contributed by atoms with Crippen LogP contribution in [0.1, 0.15) is 30.7 Å². The van der Waals surface area contributed by atoms with Crippen LogP contribution in [-0.2, 0) is 16.1 Å². The van der Waals surface area contributed by atoms with Gasteiger partial charge in [-0.15, -0.1) is 0 Å². The summed E-state index contributed by atoms with van der Waals surface area (Å²) in [5, 5.41) is 4.92. The van der Waals surface area contributed by atoms with Crippen molar-refractivity contribution in [3.63, 3.8) is 0 Å². The van der Waals surface area contributed by atoms with Crippen LogP contribution in [0, 0.1) is 6.92 Å². The number of benzene rings is 1. The van der Waals surface area contributed by atoms with Gasteiger partial charge in [0.1, 0.15) is 10.9 Å². The predicted molar refractivity (Wildman–Crippen MR) is 94.3 cm³/mol. The molecule has 2 rings (SSSR count). The van der Waals surface area contributed by atoms with Gasteiger partial charge in [0.05, 0.1) is 25.5 Å². The molecular formula is C18H21ClN2O3. The fourth-order valence-corrected chi connectivity index (χ4v) is 2.53. The molecule has 5 nitrogen and oxygen atoms in total. The summed E-state index contributed by atoms with van der Waals surface area (Å²) < 4.78 is 12.0. The first kappa shape index (κ1) is 18.1. The van der Waals surface area contributed by atoms with E-state index in [1.54, 1.807) is 31.7 Å². The first-order valence-electron chi connectivity index (χ1n) is 7.65. The number of esters is 1. The Kier molecular flexibility index (Phi) is 6.04. The Morgan fingerprint density at radius 2 is 2.17 bits per heavy atom. The van der Waals surface area contributed by atoms with Gasteiger partial charge in [0.15, 0.2) is 0 Å². The highest BCUT2D eigenvalue weighted by molar-refractivity contribution is 6.31. The van der Waals surface area contributed by atoms with Crippen molar-refractivity contribution < 1.29 is 14.3 Å². The second-order valence-electron chi connectivity index (χ2n) is 5.62. The van der Waals surface area contributed by atoms with Gasteiger partial charge in [0, 0.05) is 11.6 Å². The average molecular weight is 349 g/mol. The molecule has 0 amide bonds. The Morgan fingerprint density at radius 3 is 2.83 bits per heavy atom. The van der Waals surface area contributed by atoms with E-state index in [9.17, 15) is 4.79 Å². The number of carbonyl (C=O) groups is 1. The fraction of sp³-hybridized carbons (Fsp3) is 0.333. The maximum atomic E-state index is 11.6. The van der Waals surface area contributed by atoms with E-state index in [2.05, 4.69) is 5.10 Å². The van der Waals surface area contributed by atoms with Crippen LogP contribution in [0.5, 0.6) is 5.75 Å². The van der Waals surface area contributed by atoms with Crippen LogP contribution >= 0.6 is 11.6 Å². The molecule has 0 fully saturated rings. The van der Waals surface area contributed by atoms with E-state index in [0.29, 0.717) is 17.3 Å². The van der Waals surface area contributed by atoms with Gasteiger partial charge in [-0.1, -0.05) is 23.7 Å². The highest BCUT2D eigenvalue weighted by atomic mass is 35.5. The van der Waals surface area contributed by atoms with E-state index in [0.717, 1.165) is 17.0 Å². The molecule has 0 radical (unpaired) electrons. The highest BCUT2D eigenvalue weighted by Gasteiger charge is 2.12. The Morgan fingerprint density at radius 1 is 1.42 bits per heavy atom. The Hall–Kier alpha value is -2.27. The zero-order valence-corrected chi connectivity index (χ0v) is 15.0. The third-order valence-corrected chi connectivity index (χ3v) is 3.71. The normalized spacial score (nSPS) is 11.2. The second-order valence-corrected chi connectivity index (χ2v) is 5.98. The van der Waals surface area contributed by atoms with E-state index in [4.69, 9.17) is 21.1 Å². The fourth-order valence-electron chi connectivity index (χ4n) is 2.23. The highest BCUT2D eigenvalue weighted by Crippen LogP contribution is 2.23. The number of methoxy groups -OCH3 is 1. The van der Waals surface area contributed by atoms with Gasteiger partial charge in [-0.05, 0) is 44.5 Å². The molecule has 0 spiro atoms. The number of aryl methyl sites for hydroxylation is 1. The lowest BCUT2D eigenvalue weighted by Gasteiger charge is -2.06. The Labute approximate surface area is 146 Å². The molecule has 0 aliphatic carbocycles.